The van der Waals surface area contributed by atoms with E-state index in [-0.39, 0.29) is 30.0 Å². The van der Waals surface area contributed by atoms with Gasteiger partial charge in [0, 0.05) is 26.1 Å². The smallest absolute Gasteiger partial charge is 0.291 e. The van der Waals surface area contributed by atoms with Gasteiger partial charge in [-0.3, -0.25) is 14.5 Å². The molecule has 9 nitrogen and oxygen atoms in total. The summed E-state index contributed by atoms with van der Waals surface area (Å²) in [6.45, 7) is 0.485. The number of alkyl halides is 1. The lowest BCUT2D eigenvalue weighted by Crippen LogP contribution is -2.47. The Labute approximate surface area is 171 Å². The van der Waals surface area contributed by atoms with Crippen LogP contribution < -0.4 is 10.2 Å². The van der Waals surface area contributed by atoms with Gasteiger partial charge in [-0.1, -0.05) is 30.3 Å². The zero-order valence-corrected chi connectivity index (χ0v) is 16.3. The number of aromatic nitrogens is 5. The van der Waals surface area contributed by atoms with Gasteiger partial charge < -0.3 is 5.32 Å². The van der Waals surface area contributed by atoms with Crippen molar-refractivity contribution in [1.82, 2.24) is 29.9 Å². The average Bonchev–Trinajstić information content (AvgIpc) is 3.45. The van der Waals surface area contributed by atoms with Crippen molar-refractivity contribution < 1.29 is 14.0 Å². The first-order valence-electron chi connectivity index (χ1n) is 9.78. The second-order valence-corrected chi connectivity index (χ2v) is 7.49. The summed E-state index contributed by atoms with van der Waals surface area (Å²) in [4.78, 5) is 31.1. The van der Waals surface area contributed by atoms with E-state index in [1.54, 1.807) is 24.0 Å². The van der Waals surface area contributed by atoms with E-state index in [2.05, 4.69) is 20.5 Å². The number of benzene rings is 1. The maximum Gasteiger partial charge on any atom is 0.291 e. The molecule has 2 amide bonds. The van der Waals surface area contributed by atoms with E-state index < -0.39 is 18.1 Å². The van der Waals surface area contributed by atoms with Gasteiger partial charge in [-0.25, -0.2) is 18.7 Å². The van der Waals surface area contributed by atoms with E-state index >= 15 is 0 Å². The first-order chi connectivity index (χ1) is 14.5. The van der Waals surface area contributed by atoms with Crippen LogP contribution in [-0.4, -0.2) is 49.4 Å². The highest BCUT2D eigenvalue weighted by Gasteiger charge is 2.37. The van der Waals surface area contributed by atoms with Crippen LogP contribution in [0.3, 0.4) is 0 Å². The van der Waals surface area contributed by atoms with Crippen molar-refractivity contribution in [1.29, 1.82) is 0 Å². The first-order valence-corrected chi connectivity index (χ1v) is 9.78. The summed E-state index contributed by atoms with van der Waals surface area (Å²) >= 11 is 0. The monoisotopic (exact) mass is 409 g/mol. The number of nitrogens with zero attached hydrogens (tertiary/aromatic N) is 6. The number of rotatable bonds is 3. The van der Waals surface area contributed by atoms with Crippen LogP contribution in [0.1, 0.15) is 47.1 Å². The summed E-state index contributed by atoms with van der Waals surface area (Å²) in [6.07, 6.45) is 0.950. The number of carbonyl (C=O) groups is 2. The molecule has 5 rings (SSSR count). The van der Waals surface area contributed by atoms with Gasteiger partial charge in [0.25, 0.3) is 11.8 Å². The summed E-state index contributed by atoms with van der Waals surface area (Å²) in [5.74, 6) is -0.173. The number of nitrogens with one attached hydrogen (secondary N) is 1. The highest BCUT2D eigenvalue weighted by atomic mass is 19.1. The highest BCUT2D eigenvalue weighted by molar-refractivity contribution is 6.00. The second kappa shape index (κ2) is 7.05. The molecule has 3 atom stereocenters. The van der Waals surface area contributed by atoms with Gasteiger partial charge in [-0.15, -0.1) is 5.10 Å². The molecule has 1 unspecified atom stereocenters. The molecule has 0 radical (unpaired) electrons. The normalized spacial score (nSPS) is 23.1. The molecule has 0 saturated heterocycles. The largest absolute Gasteiger partial charge is 0.337 e. The van der Waals surface area contributed by atoms with E-state index in [0.717, 1.165) is 5.56 Å². The summed E-state index contributed by atoms with van der Waals surface area (Å²) in [5.41, 5.74) is 0.908. The molecule has 0 fully saturated rings. The topological polar surface area (TPSA) is 97.9 Å². The number of likely N-dealkylation sites (N-methyl/N-ethyl adjacent to an activating group) is 1. The molecule has 4 heterocycles. The van der Waals surface area contributed by atoms with E-state index in [1.807, 2.05) is 30.3 Å². The van der Waals surface area contributed by atoms with E-state index in [0.29, 0.717) is 18.8 Å². The Kier molecular flexibility index (Phi) is 4.34. The Hall–Kier alpha value is -3.56. The van der Waals surface area contributed by atoms with Crippen LogP contribution in [0, 0.1) is 0 Å². The highest BCUT2D eigenvalue weighted by Crippen LogP contribution is 2.39. The van der Waals surface area contributed by atoms with Crippen LogP contribution in [0.15, 0.2) is 42.6 Å². The van der Waals surface area contributed by atoms with Crippen molar-refractivity contribution in [3.05, 3.63) is 59.8 Å². The number of aryl methyl sites for hydroxylation is 1. The third-order valence-electron chi connectivity index (χ3n) is 5.65. The molecular weight excluding hydrogens is 389 g/mol. The number of carbonyl (C=O) groups excluding carboxylic acids is 2. The summed E-state index contributed by atoms with van der Waals surface area (Å²) in [7, 11) is 1.64. The molecule has 0 aliphatic carbocycles. The average molecular weight is 409 g/mol. The third kappa shape index (κ3) is 2.95. The Morgan fingerprint density at radius 2 is 2.03 bits per heavy atom. The third-order valence-corrected chi connectivity index (χ3v) is 5.65. The van der Waals surface area contributed by atoms with E-state index in [4.69, 9.17) is 0 Å². The predicted octanol–water partition coefficient (Wildman–Crippen LogP) is 1.64. The van der Waals surface area contributed by atoms with Gasteiger partial charge >= 0.3 is 0 Å². The van der Waals surface area contributed by atoms with E-state index in [9.17, 15) is 14.0 Å². The van der Waals surface area contributed by atoms with Crippen LogP contribution in [-0.2, 0) is 11.3 Å². The van der Waals surface area contributed by atoms with Crippen LogP contribution >= 0.6 is 0 Å². The lowest BCUT2D eigenvalue weighted by molar-refractivity contribution is -0.120. The lowest BCUT2D eigenvalue weighted by Gasteiger charge is -2.19. The van der Waals surface area contributed by atoms with E-state index in [1.165, 1.54) is 9.58 Å². The fraction of sp³-hybridized carbons (Fsp3) is 0.350. The molecule has 0 saturated carbocycles. The van der Waals surface area contributed by atoms with Crippen molar-refractivity contribution in [3.8, 4) is 0 Å². The van der Waals surface area contributed by atoms with Crippen LogP contribution in [0.2, 0.25) is 0 Å². The van der Waals surface area contributed by atoms with Crippen molar-refractivity contribution >= 4 is 17.6 Å². The Bertz CT molecular complexity index is 1110. The van der Waals surface area contributed by atoms with Gasteiger partial charge in [0.15, 0.2) is 12.0 Å². The Morgan fingerprint density at radius 1 is 1.23 bits per heavy atom. The first kappa shape index (κ1) is 18.5. The molecule has 0 bridgehead atoms. The fourth-order valence-corrected chi connectivity index (χ4v) is 4.09. The van der Waals surface area contributed by atoms with Crippen molar-refractivity contribution in [3.63, 3.8) is 0 Å². The second-order valence-electron chi connectivity index (χ2n) is 7.49. The number of anilines is 1. The lowest BCUT2D eigenvalue weighted by atomic mass is 10.0. The fourth-order valence-electron chi connectivity index (χ4n) is 4.09. The molecule has 154 valence electrons. The molecule has 2 aliphatic rings. The number of hydrogen-bond acceptors (Lipinski definition) is 5. The Morgan fingerprint density at radius 3 is 2.83 bits per heavy atom. The molecule has 0 spiro atoms. The zero-order valence-electron chi connectivity index (χ0n) is 16.3. The zero-order chi connectivity index (χ0) is 20.8. The molecule has 10 heteroatoms. The maximum atomic E-state index is 14.5. The molecule has 2 aromatic heterocycles. The van der Waals surface area contributed by atoms with Crippen molar-refractivity contribution in [2.45, 2.75) is 37.6 Å². The van der Waals surface area contributed by atoms with Gasteiger partial charge in [0.2, 0.25) is 5.82 Å². The number of amides is 2. The molecule has 3 aromatic rings. The van der Waals surface area contributed by atoms with Crippen molar-refractivity contribution in [2.75, 3.05) is 11.9 Å². The van der Waals surface area contributed by atoms with Gasteiger partial charge in [0.1, 0.15) is 11.9 Å². The van der Waals surface area contributed by atoms with Gasteiger partial charge in [0.05, 0.1) is 12.2 Å². The van der Waals surface area contributed by atoms with Gasteiger partial charge in [-0.05, 0) is 12.0 Å². The van der Waals surface area contributed by atoms with Crippen LogP contribution in [0.5, 0.6) is 0 Å². The predicted molar refractivity (Wildman–Crippen MR) is 105 cm³/mol. The summed E-state index contributed by atoms with van der Waals surface area (Å²) in [5, 5.41) is 11.2. The molecular formula is C20H20FN7O2. The minimum absolute atomic E-state index is 0.134. The summed E-state index contributed by atoms with van der Waals surface area (Å²) < 4.78 is 17.7. The maximum absolute atomic E-state index is 14.5. The van der Waals surface area contributed by atoms with Gasteiger partial charge in [-0.2, -0.15) is 5.10 Å². The Balaban J connectivity index is 1.36. The quantitative estimate of drug-likeness (QED) is 0.709. The molecule has 30 heavy (non-hydrogen) atoms. The van der Waals surface area contributed by atoms with Crippen molar-refractivity contribution in [2.24, 2.45) is 0 Å². The standard InChI is InChI=1S/C20H20FN7O2/c1-26-16-7-9-22-27(16)10-8-14(20(26)30)23-19(29)17-24-18-13(21)11-15(28(18)25-17)12-5-3-2-4-6-12/h2-7,9,13-15H,8,10-11H2,1H3,(H,23,29)/t13-,14?,15-/m0/s1. The minimum atomic E-state index is -1.30. The van der Waals surface area contributed by atoms with Crippen LogP contribution in [0.25, 0.3) is 0 Å². The summed E-state index contributed by atoms with van der Waals surface area (Å²) in [6, 6.07) is 10.1. The number of fused-ring (bicyclic) bond motifs is 2. The van der Waals surface area contributed by atoms with Crippen LogP contribution in [0.4, 0.5) is 10.2 Å². The molecule has 1 aromatic carbocycles. The minimum Gasteiger partial charge on any atom is -0.337 e. The molecule has 1 N–H and O–H groups in total. The number of hydrogen-bond donors (Lipinski definition) is 1. The number of halogens is 1. The molecule has 2 aliphatic heterocycles. The SMILES string of the molecule is CN1C(=O)C(NC(=O)c2nc3n(n2)[C@H](c2ccccc2)C[C@@H]3F)CCn2nccc21.